The van der Waals surface area contributed by atoms with E-state index in [0.29, 0.717) is 12.6 Å². The largest absolute Gasteiger partial charge is 0.490 e. The van der Waals surface area contributed by atoms with Crippen LogP contribution >= 0.6 is 0 Å². The molecule has 4 nitrogen and oxygen atoms in total. The zero-order chi connectivity index (χ0) is 15.2. The molecule has 2 fully saturated rings. The highest BCUT2D eigenvalue weighted by molar-refractivity contribution is 5.78. The Kier molecular flexibility index (Phi) is 5.33. The fraction of sp³-hybridized carbons (Fsp3) is 0.611. The molecule has 1 aliphatic heterocycles. The van der Waals surface area contributed by atoms with Gasteiger partial charge in [-0.05, 0) is 57.7 Å². The number of rotatable bonds is 5. The van der Waals surface area contributed by atoms with E-state index < -0.39 is 0 Å². The summed E-state index contributed by atoms with van der Waals surface area (Å²) in [5, 5.41) is 6.38. The Hall–Kier alpha value is -1.55. The minimum Gasteiger partial charge on any atom is -0.490 e. The van der Waals surface area contributed by atoms with Gasteiger partial charge < -0.3 is 15.4 Å². The monoisotopic (exact) mass is 302 g/mol. The van der Waals surface area contributed by atoms with E-state index in [-0.39, 0.29) is 11.8 Å². The summed E-state index contributed by atoms with van der Waals surface area (Å²) in [5.74, 6) is 1.27. The van der Waals surface area contributed by atoms with Crippen molar-refractivity contribution in [3.8, 4) is 5.75 Å². The van der Waals surface area contributed by atoms with Gasteiger partial charge in [0, 0.05) is 18.0 Å². The third-order valence-corrected chi connectivity index (χ3v) is 4.73. The van der Waals surface area contributed by atoms with Crippen molar-refractivity contribution in [1.29, 1.82) is 0 Å². The van der Waals surface area contributed by atoms with Crippen LogP contribution in [0.15, 0.2) is 24.3 Å². The van der Waals surface area contributed by atoms with Gasteiger partial charge in [0.2, 0.25) is 5.91 Å². The number of hydrogen-bond acceptors (Lipinski definition) is 3. The molecule has 4 heteroatoms. The summed E-state index contributed by atoms with van der Waals surface area (Å²) in [6.45, 7) is 2.45. The summed E-state index contributed by atoms with van der Waals surface area (Å²) < 4.78 is 6.12. The second-order valence-corrected chi connectivity index (χ2v) is 6.37. The van der Waals surface area contributed by atoms with Gasteiger partial charge in [0.05, 0.1) is 6.10 Å². The normalized spacial score (nSPS) is 20.0. The van der Waals surface area contributed by atoms with Crippen molar-refractivity contribution >= 4 is 5.91 Å². The van der Waals surface area contributed by atoms with E-state index in [1.807, 2.05) is 24.3 Å². The molecule has 0 atom stereocenters. The van der Waals surface area contributed by atoms with E-state index in [9.17, 15) is 4.79 Å². The average Bonchev–Trinajstić information content (AvgIpc) is 3.07. The van der Waals surface area contributed by atoms with E-state index in [2.05, 4.69) is 10.6 Å². The first-order chi connectivity index (χ1) is 10.8. The Morgan fingerprint density at radius 1 is 1.14 bits per heavy atom. The molecule has 1 saturated heterocycles. The Morgan fingerprint density at radius 3 is 2.64 bits per heavy atom. The Bertz CT molecular complexity index is 492. The summed E-state index contributed by atoms with van der Waals surface area (Å²) >= 11 is 0. The maximum Gasteiger partial charge on any atom is 0.223 e. The molecule has 0 radical (unpaired) electrons. The topological polar surface area (TPSA) is 50.4 Å². The van der Waals surface area contributed by atoms with Gasteiger partial charge >= 0.3 is 0 Å². The van der Waals surface area contributed by atoms with E-state index in [0.717, 1.165) is 50.1 Å². The van der Waals surface area contributed by atoms with Crippen LogP contribution in [-0.4, -0.2) is 25.1 Å². The van der Waals surface area contributed by atoms with Crippen LogP contribution in [0.5, 0.6) is 5.75 Å². The number of benzene rings is 1. The molecule has 0 bridgehead atoms. The second-order valence-electron chi connectivity index (χ2n) is 6.37. The number of nitrogens with one attached hydrogen (secondary N) is 2. The number of piperidine rings is 1. The predicted molar refractivity (Wildman–Crippen MR) is 86.8 cm³/mol. The number of carbonyl (C=O) groups excluding carboxylic acids is 1. The van der Waals surface area contributed by atoms with Gasteiger partial charge in [-0.15, -0.1) is 0 Å². The number of ether oxygens (including phenoxy) is 1. The van der Waals surface area contributed by atoms with Crippen LogP contribution in [0.1, 0.15) is 44.1 Å². The first-order valence-corrected chi connectivity index (χ1v) is 8.56. The molecule has 0 unspecified atom stereocenters. The Labute approximate surface area is 132 Å². The highest BCUT2D eigenvalue weighted by Crippen LogP contribution is 2.26. The summed E-state index contributed by atoms with van der Waals surface area (Å²) in [6, 6.07) is 8.08. The first kappa shape index (κ1) is 15.3. The number of carbonyl (C=O) groups is 1. The quantitative estimate of drug-likeness (QED) is 0.879. The maximum atomic E-state index is 12.2. The van der Waals surface area contributed by atoms with Gasteiger partial charge in [-0.3, -0.25) is 4.79 Å². The average molecular weight is 302 g/mol. The molecule has 22 heavy (non-hydrogen) atoms. The minimum atomic E-state index is 0.157. The summed E-state index contributed by atoms with van der Waals surface area (Å²) in [5.41, 5.74) is 1.08. The molecule has 3 rings (SSSR count). The Morgan fingerprint density at radius 2 is 1.86 bits per heavy atom. The van der Waals surface area contributed by atoms with Crippen molar-refractivity contribution in [3.63, 3.8) is 0 Å². The van der Waals surface area contributed by atoms with Crippen molar-refractivity contribution in [2.24, 2.45) is 5.92 Å². The molecule has 0 aromatic heterocycles. The maximum absolute atomic E-state index is 12.2. The molecule has 1 aliphatic carbocycles. The first-order valence-electron chi connectivity index (χ1n) is 8.56. The third kappa shape index (κ3) is 4.01. The SMILES string of the molecule is O=C(NCc1ccccc1OC1CCCC1)C1CCNCC1. The lowest BCUT2D eigenvalue weighted by Gasteiger charge is -2.22. The lowest BCUT2D eigenvalue weighted by Crippen LogP contribution is -2.37. The van der Waals surface area contributed by atoms with Crippen LogP contribution in [0, 0.1) is 5.92 Å². The van der Waals surface area contributed by atoms with Gasteiger partial charge in [-0.2, -0.15) is 0 Å². The van der Waals surface area contributed by atoms with Crippen molar-refractivity contribution < 1.29 is 9.53 Å². The summed E-state index contributed by atoms with van der Waals surface area (Å²) in [6.07, 6.45) is 7.05. The van der Waals surface area contributed by atoms with Gasteiger partial charge in [0.1, 0.15) is 5.75 Å². The lowest BCUT2D eigenvalue weighted by atomic mass is 9.97. The Balaban J connectivity index is 1.56. The zero-order valence-electron chi connectivity index (χ0n) is 13.1. The van der Waals surface area contributed by atoms with E-state index in [4.69, 9.17) is 4.74 Å². The van der Waals surface area contributed by atoms with Crippen molar-refractivity contribution in [3.05, 3.63) is 29.8 Å². The van der Waals surface area contributed by atoms with E-state index in [1.165, 1.54) is 12.8 Å². The van der Waals surface area contributed by atoms with Gasteiger partial charge in [-0.1, -0.05) is 18.2 Å². The molecule has 1 amide bonds. The zero-order valence-corrected chi connectivity index (χ0v) is 13.1. The molecule has 2 aliphatic rings. The van der Waals surface area contributed by atoms with Crippen LogP contribution in [0.4, 0.5) is 0 Å². The fourth-order valence-corrected chi connectivity index (χ4v) is 3.36. The molecule has 0 spiro atoms. The smallest absolute Gasteiger partial charge is 0.223 e. The molecule has 1 aromatic carbocycles. The van der Waals surface area contributed by atoms with E-state index in [1.54, 1.807) is 0 Å². The third-order valence-electron chi connectivity index (χ3n) is 4.73. The molecular formula is C18H26N2O2. The standard InChI is InChI=1S/C18H26N2O2/c21-18(14-9-11-19-12-10-14)20-13-15-5-1-4-8-17(15)22-16-6-2-3-7-16/h1,4-5,8,14,16,19H,2-3,6-7,9-13H2,(H,20,21). The molecule has 120 valence electrons. The second kappa shape index (κ2) is 7.63. The summed E-state index contributed by atoms with van der Waals surface area (Å²) in [7, 11) is 0. The van der Waals surface area contributed by atoms with Gasteiger partial charge in [0.25, 0.3) is 0 Å². The highest BCUT2D eigenvalue weighted by atomic mass is 16.5. The summed E-state index contributed by atoms with van der Waals surface area (Å²) in [4.78, 5) is 12.2. The van der Waals surface area contributed by atoms with Gasteiger partial charge in [0.15, 0.2) is 0 Å². The fourth-order valence-electron chi connectivity index (χ4n) is 3.36. The number of para-hydroxylation sites is 1. The predicted octanol–water partition coefficient (Wildman–Crippen LogP) is 2.62. The van der Waals surface area contributed by atoms with Crippen LogP contribution in [0.2, 0.25) is 0 Å². The molecular weight excluding hydrogens is 276 g/mol. The van der Waals surface area contributed by atoms with Crippen LogP contribution in [-0.2, 0) is 11.3 Å². The molecule has 1 saturated carbocycles. The van der Waals surface area contributed by atoms with Crippen LogP contribution in [0.25, 0.3) is 0 Å². The van der Waals surface area contributed by atoms with E-state index >= 15 is 0 Å². The van der Waals surface area contributed by atoms with Crippen LogP contribution in [0.3, 0.4) is 0 Å². The van der Waals surface area contributed by atoms with Crippen molar-refractivity contribution in [2.45, 2.75) is 51.2 Å². The van der Waals surface area contributed by atoms with Crippen molar-refractivity contribution in [2.75, 3.05) is 13.1 Å². The molecule has 1 aromatic rings. The lowest BCUT2D eigenvalue weighted by molar-refractivity contribution is -0.125. The van der Waals surface area contributed by atoms with Crippen molar-refractivity contribution in [1.82, 2.24) is 10.6 Å². The molecule has 2 N–H and O–H groups in total. The highest BCUT2D eigenvalue weighted by Gasteiger charge is 2.21. The number of amides is 1. The molecule has 1 heterocycles. The van der Waals surface area contributed by atoms with Gasteiger partial charge in [-0.25, -0.2) is 0 Å². The minimum absolute atomic E-state index is 0.157. The van der Waals surface area contributed by atoms with Crippen LogP contribution < -0.4 is 15.4 Å². The number of hydrogen-bond donors (Lipinski definition) is 2.